The van der Waals surface area contributed by atoms with Crippen LogP contribution in [0.1, 0.15) is 54.2 Å². The average molecular weight is 447 g/mol. The number of Topliss-reactive ketones (excluding diaryl/α,β-unsaturated/α-hetero) is 1. The maximum absolute atomic E-state index is 12.3. The molecule has 8 heteroatoms. The molecule has 0 aromatic carbocycles. The van der Waals surface area contributed by atoms with Gasteiger partial charge in [-0.2, -0.15) is 0 Å². The molecule has 1 saturated carbocycles. The zero-order chi connectivity index (χ0) is 22.8. The number of piperazine rings is 1. The van der Waals surface area contributed by atoms with Crippen molar-refractivity contribution >= 4 is 22.6 Å². The third-order valence-corrected chi connectivity index (χ3v) is 6.71. The fraction of sp³-hybridized carbons (Fsp3) is 0.480. The maximum Gasteiger partial charge on any atom is 0.251 e. The summed E-state index contributed by atoms with van der Waals surface area (Å²) in [6, 6.07) is 3.91. The van der Waals surface area contributed by atoms with E-state index in [9.17, 15) is 9.59 Å². The Kier molecular flexibility index (Phi) is 6.17. The monoisotopic (exact) mass is 446 g/mol. The highest BCUT2D eigenvalue weighted by Crippen LogP contribution is 2.33. The van der Waals surface area contributed by atoms with Gasteiger partial charge in [-0.05, 0) is 36.5 Å². The smallest absolute Gasteiger partial charge is 0.251 e. The molecule has 2 fully saturated rings. The van der Waals surface area contributed by atoms with Crippen molar-refractivity contribution in [2.24, 2.45) is 5.92 Å². The zero-order valence-electron chi connectivity index (χ0n) is 19.1. The Morgan fingerprint density at radius 2 is 1.88 bits per heavy atom. The first-order valence-electron chi connectivity index (χ1n) is 11.9. The van der Waals surface area contributed by atoms with Crippen molar-refractivity contribution in [2.45, 2.75) is 45.6 Å². The predicted molar refractivity (Wildman–Crippen MR) is 128 cm³/mol. The molecule has 3 aromatic heterocycles. The number of aryl methyl sites for hydroxylation is 1. The summed E-state index contributed by atoms with van der Waals surface area (Å²) in [4.78, 5) is 45.4. The second-order valence-electron chi connectivity index (χ2n) is 9.18. The van der Waals surface area contributed by atoms with Crippen LogP contribution in [0.3, 0.4) is 0 Å². The second-order valence-corrected chi connectivity index (χ2v) is 9.18. The summed E-state index contributed by atoms with van der Waals surface area (Å²) in [6.45, 7) is 6.25. The van der Waals surface area contributed by atoms with Crippen molar-refractivity contribution in [3.05, 3.63) is 57.9 Å². The summed E-state index contributed by atoms with van der Waals surface area (Å²) in [5, 5.41) is 0. The van der Waals surface area contributed by atoms with Crippen molar-refractivity contribution in [1.29, 1.82) is 0 Å². The molecule has 0 atom stereocenters. The molecule has 0 amide bonds. The minimum atomic E-state index is -0.0331. The lowest BCUT2D eigenvalue weighted by atomic mass is 10.1. The third kappa shape index (κ3) is 5.11. The molecule has 8 nitrogen and oxygen atoms in total. The van der Waals surface area contributed by atoms with Crippen LogP contribution in [0, 0.1) is 5.92 Å². The fourth-order valence-electron chi connectivity index (χ4n) is 4.41. The standard InChI is InChI=1S/C25H30N6O2/c1-2-19-12-20-21(29-25(19)33)11-18(13-26-20)16-30-7-9-31(10-8-30)24-15-27-22(14-28-24)23(32)6-5-17-3-4-17/h11-15,17H,2-10,16H2,1H3,(H,29,33). The molecule has 0 spiro atoms. The van der Waals surface area contributed by atoms with Crippen LogP contribution in [-0.4, -0.2) is 56.8 Å². The first-order valence-corrected chi connectivity index (χ1v) is 11.9. The summed E-state index contributed by atoms with van der Waals surface area (Å²) in [5.41, 5.74) is 3.91. The third-order valence-electron chi connectivity index (χ3n) is 6.71. The van der Waals surface area contributed by atoms with Gasteiger partial charge in [0.15, 0.2) is 5.78 Å². The van der Waals surface area contributed by atoms with Crippen LogP contribution in [0.2, 0.25) is 0 Å². The molecule has 2 aliphatic rings. The van der Waals surface area contributed by atoms with Crippen molar-refractivity contribution < 1.29 is 4.79 Å². The van der Waals surface area contributed by atoms with E-state index in [-0.39, 0.29) is 11.3 Å². The molecule has 4 heterocycles. The summed E-state index contributed by atoms with van der Waals surface area (Å²) < 4.78 is 0. The minimum Gasteiger partial charge on any atom is -0.353 e. The number of H-pyrrole nitrogens is 1. The lowest BCUT2D eigenvalue weighted by molar-refractivity contribution is 0.0973. The van der Waals surface area contributed by atoms with Crippen LogP contribution >= 0.6 is 0 Å². The van der Waals surface area contributed by atoms with E-state index in [0.717, 1.165) is 73.0 Å². The number of aromatic nitrogens is 4. The van der Waals surface area contributed by atoms with E-state index >= 15 is 0 Å². The van der Waals surface area contributed by atoms with Crippen LogP contribution in [0.4, 0.5) is 5.82 Å². The number of pyridine rings is 2. The van der Waals surface area contributed by atoms with E-state index in [1.54, 1.807) is 12.4 Å². The number of hydrogen-bond donors (Lipinski definition) is 1. The second kappa shape index (κ2) is 9.39. The summed E-state index contributed by atoms with van der Waals surface area (Å²) >= 11 is 0. The van der Waals surface area contributed by atoms with E-state index < -0.39 is 0 Å². The quantitative estimate of drug-likeness (QED) is 0.532. The van der Waals surface area contributed by atoms with Crippen molar-refractivity contribution in [3.8, 4) is 0 Å². The van der Waals surface area contributed by atoms with Gasteiger partial charge in [0.25, 0.3) is 5.56 Å². The molecule has 1 aliphatic carbocycles. The van der Waals surface area contributed by atoms with Gasteiger partial charge in [0.1, 0.15) is 11.5 Å². The fourth-order valence-corrected chi connectivity index (χ4v) is 4.41. The number of carbonyl (C=O) groups is 1. The van der Waals surface area contributed by atoms with Crippen molar-refractivity contribution in [1.82, 2.24) is 24.8 Å². The van der Waals surface area contributed by atoms with Gasteiger partial charge in [-0.25, -0.2) is 9.97 Å². The lowest BCUT2D eigenvalue weighted by Gasteiger charge is -2.35. The van der Waals surface area contributed by atoms with Gasteiger partial charge in [-0.15, -0.1) is 0 Å². The number of aromatic amines is 1. The molecule has 0 radical (unpaired) electrons. The highest BCUT2D eigenvalue weighted by Gasteiger charge is 2.23. The highest BCUT2D eigenvalue weighted by atomic mass is 16.1. The van der Waals surface area contributed by atoms with Gasteiger partial charge in [0.2, 0.25) is 0 Å². The average Bonchev–Trinajstić information content (AvgIpc) is 3.67. The van der Waals surface area contributed by atoms with Gasteiger partial charge in [-0.3, -0.25) is 19.5 Å². The Morgan fingerprint density at radius 1 is 1.06 bits per heavy atom. The summed E-state index contributed by atoms with van der Waals surface area (Å²) in [6.07, 6.45) is 10.0. The Bertz CT molecular complexity index is 1190. The van der Waals surface area contributed by atoms with E-state index in [1.165, 1.54) is 12.8 Å². The maximum atomic E-state index is 12.3. The molecule has 33 heavy (non-hydrogen) atoms. The molecule has 172 valence electrons. The first-order chi connectivity index (χ1) is 16.1. The van der Waals surface area contributed by atoms with Gasteiger partial charge in [0.05, 0.1) is 23.4 Å². The normalized spacial score (nSPS) is 16.9. The number of fused-ring (bicyclic) bond motifs is 1. The Morgan fingerprint density at radius 3 is 2.58 bits per heavy atom. The van der Waals surface area contributed by atoms with Crippen LogP contribution in [0.15, 0.2) is 35.5 Å². The largest absolute Gasteiger partial charge is 0.353 e. The van der Waals surface area contributed by atoms with Crippen LogP contribution in [0.5, 0.6) is 0 Å². The molecule has 0 bridgehead atoms. The van der Waals surface area contributed by atoms with Crippen LogP contribution < -0.4 is 10.5 Å². The van der Waals surface area contributed by atoms with Crippen molar-refractivity contribution in [2.75, 3.05) is 31.1 Å². The van der Waals surface area contributed by atoms with E-state index in [0.29, 0.717) is 18.5 Å². The molecular formula is C25H30N6O2. The Hall–Kier alpha value is -3.13. The summed E-state index contributed by atoms with van der Waals surface area (Å²) in [5.74, 6) is 1.67. The van der Waals surface area contributed by atoms with Crippen LogP contribution in [0.25, 0.3) is 11.0 Å². The number of carbonyl (C=O) groups excluding carboxylic acids is 1. The van der Waals surface area contributed by atoms with Gasteiger partial charge in [0, 0.05) is 50.9 Å². The first kappa shape index (κ1) is 21.7. The van der Waals surface area contributed by atoms with Gasteiger partial charge in [-0.1, -0.05) is 19.8 Å². The van der Waals surface area contributed by atoms with E-state index in [4.69, 9.17) is 0 Å². The van der Waals surface area contributed by atoms with Crippen molar-refractivity contribution in [3.63, 3.8) is 0 Å². The number of ketones is 1. The van der Waals surface area contributed by atoms with E-state index in [1.807, 2.05) is 25.3 Å². The Labute approximate surface area is 193 Å². The molecule has 3 aromatic rings. The van der Waals surface area contributed by atoms with Gasteiger partial charge < -0.3 is 9.88 Å². The number of anilines is 1. The summed E-state index contributed by atoms with van der Waals surface area (Å²) in [7, 11) is 0. The highest BCUT2D eigenvalue weighted by molar-refractivity contribution is 5.94. The molecule has 1 saturated heterocycles. The van der Waals surface area contributed by atoms with Gasteiger partial charge >= 0.3 is 0 Å². The lowest BCUT2D eigenvalue weighted by Crippen LogP contribution is -2.46. The molecule has 1 N–H and O–H groups in total. The number of hydrogen-bond acceptors (Lipinski definition) is 7. The van der Waals surface area contributed by atoms with Crippen LogP contribution in [-0.2, 0) is 13.0 Å². The zero-order valence-corrected chi connectivity index (χ0v) is 19.1. The molecular weight excluding hydrogens is 416 g/mol. The predicted octanol–water partition coefficient (Wildman–Crippen LogP) is 2.97. The molecule has 1 aliphatic heterocycles. The molecule has 0 unspecified atom stereocenters. The minimum absolute atomic E-state index is 0.0331. The topological polar surface area (TPSA) is 95.1 Å². The number of rotatable bonds is 8. The molecule has 5 rings (SSSR count). The SMILES string of the molecule is CCc1cc2ncc(CN3CCN(c4cnc(C(=O)CCC5CC5)cn4)CC3)cc2[nH]c1=O. The van der Waals surface area contributed by atoms with E-state index in [2.05, 4.69) is 29.7 Å². The number of nitrogens with zero attached hydrogens (tertiary/aromatic N) is 5. The Balaban J connectivity index is 1.16. The number of nitrogens with one attached hydrogen (secondary N) is 1.